The van der Waals surface area contributed by atoms with Crippen molar-refractivity contribution in [3.8, 4) is 0 Å². The molecule has 1 heterocycles. The van der Waals surface area contributed by atoms with Gasteiger partial charge in [0.15, 0.2) is 5.78 Å². The molecule has 0 bridgehead atoms. The number of aromatic nitrogens is 1. The van der Waals surface area contributed by atoms with Crippen molar-refractivity contribution in [3.63, 3.8) is 0 Å². The molecule has 0 N–H and O–H groups in total. The fraction of sp³-hybridized carbons (Fsp3) is 0.105. The average Bonchev–Trinajstić information content (AvgIpc) is 2.95. The highest BCUT2D eigenvalue weighted by Gasteiger charge is 2.27. The molecular formula is C19H14BrNO3S. The number of carbonyl (C=O) groups is 1. The van der Waals surface area contributed by atoms with Crippen molar-refractivity contribution >= 4 is 48.7 Å². The van der Waals surface area contributed by atoms with Gasteiger partial charge in [-0.2, -0.15) is 0 Å². The molecule has 2 aromatic carbocycles. The molecule has 0 fully saturated rings. The third kappa shape index (κ3) is 2.32. The second-order valence-electron chi connectivity index (χ2n) is 6.17. The van der Waals surface area contributed by atoms with Crippen LogP contribution in [0.15, 0.2) is 52.0 Å². The lowest BCUT2D eigenvalue weighted by Crippen LogP contribution is -2.12. The summed E-state index contributed by atoms with van der Waals surface area (Å²) < 4.78 is 28.3. The second kappa shape index (κ2) is 5.41. The number of hydrogen-bond acceptors (Lipinski definition) is 3. The second-order valence-corrected chi connectivity index (χ2v) is 8.84. The molecule has 0 radical (unpaired) electrons. The Morgan fingerprint density at radius 3 is 2.40 bits per heavy atom. The van der Waals surface area contributed by atoms with Crippen molar-refractivity contribution in [1.82, 2.24) is 3.97 Å². The number of aryl methyl sites for hydroxylation is 2. The van der Waals surface area contributed by atoms with E-state index in [0.717, 1.165) is 16.7 Å². The van der Waals surface area contributed by atoms with Gasteiger partial charge in [0.2, 0.25) is 0 Å². The highest BCUT2D eigenvalue weighted by molar-refractivity contribution is 9.10. The van der Waals surface area contributed by atoms with Crippen LogP contribution in [0.1, 0.15) is 27.0 Å². The van der Waals surface area contributed by atoms with Gasteiger partial charge in [0.1, 0.15) is 0 Å². The van der Waals surface area contributed by atoms with Crippen molar-refractivity contribution in [1.29, 1.82) is 0 Å². The molecule has 1 aromatic heterocycles. The van der Waals surface area contributed by atoms with E-state index in [1.54, 1.807) is 42.6 Å². The Labute approximate surface area is 154 Å². The Hall–Kier alpha value is -2.18. The van der Waals surface area contributed by atoms with E-state index in [1.165, 1.54) is 10.0 Å². The molecule has 0 amide bonds. The number of ketones is 1. The molecule has 0 saturated heterocycles. The van der Waals surface area contributed by atoms with Crippen LogP contribution >= 0.6 is 15.9 Å². The zero-order valence-electron chi connectivity index (χ0n) is 13.6. The largest absolute Gasteiger partial charge is 0.289 e. The molecule has 0 atom stereocenters. The average molecular weight is 416 g/mol. The molecule has 6 heteroatoms. The van der Waals surface area contributed by atoms with E-state index >= 15 is 0 Å². The summed E-state index contributed by atoms with van der Waals surface area (Å²) >= 11 is 3.44. The zero-order chi connectivity index (χ0) is 17.9. The van der Waals surface area contributed by atoms with Gasteiger partial charge in [-0.15, -0.1) is 0 Å². The minimum atomic E-state index is -3.76. The summed E-state index contributed by atoms with van der Waals surface area (Å²) in [6.45, 7) is 3.75. The Morgan fingerprint density at radius 2 is 1.72 bits per heavy atom. The van der Waals surface area contributed by atoms with Crippen LogP contribution in [-0.4, -0.2) is 18.2 Å². The highest BCUT2D eigenvalue weighted by atomic mass is 79.9. The molecule has 0 aliphatic heterocycles. The Balaban J connectivity index is 2.10. The van der Waals surface area contributed by atoms with Gasteiger partial charge in [0.25, 0.3) is 10.0 Å². The Kier molecular flexibility index (Phi) is 3.53. The molecule has 4 nitrogen and oxygen atoms in total. The molecule has 25 heavy (non-hydrogen) atoms. The summed E-state index contributed by atoms with van der Waals surface area (Å²) in [4.78, 5) is 12.5. The van der Waals surface area contributed by atoms with E-state index in [2.05, 4.69) is 15.9 Å². The summed E-state index contributed by atoms with van der Waals surface area (Å²) in [6, 6.07) is 8.54. The minimum Gasteiger partial charge on any atom is -0.289 e. The van der Waals surface area contributed by atoms with Gasteiger partial charge >= 0.3 is 0 Å². The maximum absolute atomic E-state index is 13.2. The van der Waals surface area contributed by atoms with Gasteiger partial charge in [-0.25, -0.2) is 12.4 Å². The van der Waals surface area contributed by atoms with E-state index in [0.29, 0.717) is 20.9 Å². The number of allylic oxidation sites excluding steroid dienone is 1. The quantitative estimate of drug-likeness (QED) is 0.620. The normalized spacial score (nSPS) is 13.6. The van der Waals surface area contributed by atoms with Crippen LogP contribution < -0.4 is 0 Å². The van der Waals surface area contributed by atoms with Crippen molar-refractivity contribution < 1.29 is 13.2 Å². The van der Waals surface area contributed by atoms with Crippen LogP contribution in [-0.2, 0) is 10.0 Å². The summed E-state index contributed by atoms with van der Waals surface area (Å²) in [5.74, 6) is -0.130. The first-order chi connectivity index (χ1) is 11.8. The molecule has 0 unspecified atom stereocenters. The fourth-order valence-corrected chi connectivity index (χ4v) is 5.39. The predicted molar refractivity (Wildman–Crippen MR) is 102 cm³/mol. The first kappa shape index (κ1) is 16.3. The van der Waals surface area contributed by atoms with Crippen molar-refractivity contribution in [3.05, 3.63) is 69.3 Å². The van der Waals surface area contributed by atoms with Crippen LogP contribution in [0.4, 0.5) is 0 Å². The summed E-state index contributed by atoms with van der Waals surface area (Å²) in [5, 5.41) is 0.676. The van der Waals surface area contributed by atoms with E-state index in [-0.39, 0.29) is 10.7 Å². The molecule has 4 rings (SSSR count). The van der Waals surface area contributed by atoms with Gasteiger partial charge in [-0.1, -0.05) is 17.7 Å². The van der Waals surface area contributed by atoms with Gasteiger partial charge in [0.05, 0.1) is 10.4 Å². The maximum Gasteiger partial charge on any atom is 0.268 e. The summed E-state index contributed by atoms with van der Waals surface area (Å²) in [7, 11) is -3.76. The fourth-order valence-electron chi connectivity index (χ4n) is 3.22. The molecule has 0 spiro atoms. The van der Waals surface area contributed by atoms with E-state index in [9.17, 15) is 13.2 Å². The summed E-state index contributed by atoms with van der Waals surface area (Å²) in [6.07, 6.45) is 4.73. The van der Waals surface area contributed by atoms with Crippen molar-refractivity contribution in [2.45, 2.75) is 18.7 Å². The minimum absolute atomic E-state index is 0.130. The molecule has 126 valence electrons. The monoisotopic (exact) mass is 415 g/mol. The summed E-state index contributed by atoms with van der Waals surface area (Å²) in [5.41, 5.74) is 3.56. The van der Waals surface area contributed by atoms with Crippen LogP contribution in [0.5, 0.6) is 0 Å². The molecule has 1 aliphatic rings. The van der Waals surface area contributed by atoms with Crippen LogP contribution in [0.3, 0.4) is 0 Å². The topological polar surface area (TPSA) is 56.1 Å². The van der Waals surface area contributed by atoms with Gasteiger partial charge in [-0.3, -0.25) is 4.79 Å². The zero-order valence-corrected chi connectivity index (χ0v) is 16.0. The molecule has 1 aliphatic carbocycles. The number of nitrogens with zero attached hydrogens (tertiary/aromatic N) is 1. The Bertz CT molecular complexity index is 1190. The van der Waals surface area contributed by atoms with Gasteiger partial charge < -0.3 is 0 Å². The third-order valence-electron chi connectivity index (χ3n) is 4.45. The number of hydrogen-bond donors (Lipinski definition) is 0. The van der Waals surface area contributed by atoms with E-state index in [4.69, 9.17) is 0 Å². The van der Waals surface area contributed by atoms with Gasteiger partial charge in [-0.05, 0) is 65.7 Å². The number of halogens is 1. The van der Waals surface area contributed by atoms with Crippen molar-refractivity contribution in [2.75, 3.05) is 0 Å². The van der Waals surface area contributed by atoms with E-state index in [1.807, 2.05) is 13.8 Å². The van der Waals surface area contributed by atoms with Crippen LogP contribution in [0.2, 0.25) is 0 Å². The lowest BCUT2D eigenvalue weighted by Gasteiger charge is -2.12. The maximum atomic E-state index is 13.2. The SMILES string of the molecule is Cc1ccc(S(=O)(=O)n2cc3c4c(c(Br)cc(C)c42)C(=O)C=C3)cc1. The molecule has 3 aromatic rings. The standard InChI is InChI=1S/C19H14BrNO3S/c1-11-3-6-14(7-4-11)25(23,24)21-10-13-5-8-16(22)18-15(20)9-12(2)19(21)17(13)18/h3-10H,1-2H3. The van der Waals surface area contributed by atoms with E-state index < -0.39 is 10.0 Å². The van der Waals surface area contributed by atoms with Crippen LogP contribution in [0, 0.1) is 13.8 Å². The third-order valence-corrected chi connectivity index (χ3v) is 6.75. The Morgan fingerprint density at radius 1 is 1.04 bits per heavy atom. The van der Waals surface area contributed by atoms with Crippen LogP contribution in [0.25, 0.3) is 17.0 Å². The van der Waals surface area contributed by atoms with Crippen molar-refractivity contribution in [2.24, 2.45) is 0 Å². The molecule has 0 saturated carbocycles. The lowest BCUT2D eigenvalue weighted by atomic mass is 9.96. The van der Waals surface area contributed by atoms with Gasteiger partial charge in [0, 0.05) is 27.2 Å². The smallest absolute Gasteiger partial charge is 0.268 e. The number of rotatable bonds is 2. The first-order valence-corrected chi connectivity index (χ1v) is 9.93. The lowest BCUT2D eigenvalue weighted by molar-refractivity contribution is 0.104. The first-order valence-electron chi connectivity index (χ1n) is 7.69. The number of carbonyl (C=O) groups excluding carboxylic acids is 1. The molecular weight excluding hydrogens is 402 g/mol. The highest BCUT2D eigenvalue weighted by Crippen LogP contribution is 2.38. The predicted octanol–water partition coefficient (Wildman–Crippen LogP) is 4.47. The number of benzene rings is 2.